The molecule has 2 nitrogen and oxygen atoms in total. The van der Waals surface area contributed by atoms with Gasteiger partial charge in [-0.1, -0.05) is 40.2 Å². The van der Waals surface area contributed by atoms with Gasteiger partial charge in [0.15, 0.2) is 0 Å². The van der Waals surface area contributed by atoms with Crippen LogP contribution in [0.5, 0.6) is 0 Å². The van der Waals surface area contributed by atoms with Crippen LogP contribution in [-0.4, -0.2) is 17.8 Å². The summed E-state index contributed by atoms with van der Waals surface area (Å²) in [4.78, 5) is 12.0. The predicted octanol–water partition coefficient (Wildman–Crippen LogP) is 2.47. The molecule has 3 atom stereocenters. The van der Waals surface area contributed by atoms with Crippen molar-refractivity contribution >= 4 is 21.8 Å². The molecule has 1 aromatic carbocycles. The van der Waals surface area contributed by atoms with Gasteiger partial charge in [0, 0.05) is 17.8 Å². The highest BCUT2D eigenvalue weighted by Gasteiger charge is 2.56. The molecule has 1 fully saturated rings. The van der Waals surface area contributed by atoms with Crippen LogP contribution >= 0.6 is 15.9 Å². The molecule has 0 aliphatic heterocycles. The first-order valence-electron chi connectivity index (χ1n) is 6.24. The number of hydrogen-bond acceptors (Lipinski definition) is 1. The van der Waals surface area contributed by atoms with Gasteiger partial charge in [-0.2, -0.15) is 0 Å². The molecular formula is C14H16BrNO. The number of fused-ring (bicyclic) bond motifs is 3. The molecule has 3 heteroatoms. The number of amides is 1. The maximum atomic E-state index is 12.0. The second kappa shape index (κ2) is 4.45. The fourth-order valence-electron chi connectivity index (χ4n) is 3.21. The van der Waals surface area contributed by atoms with Gasteiger partial charge >= 0.3 is 0 Å². The average Bonchev–Trinajstić information content (AvgIpc) is 3.11. The maximum absolute atomic E-state index is 12.0. The van der Waals surface area contributed by atoms with Crippen molar-refractivity contribution in [2.24, 2.45) is 11.8 Å². The van der Waals surface area contributed by atoms with Crippen LogP contribution < -0.4 is 5.32 Å². The molecule has 1 saturated carbocycles. The standard InChI is InChI=1S/C14H16BrNO/c15-7-8-16-14(17)13-11-6-5-9-3-1-2-4-10(9)12(11)13/h1-4,11-13H,5-8H2,(H,16,17). The van der Waals surface area contributed by atoms with E-state index in [0.29, 0.717) is 11.8 Å². The van der Waals surface area contributed by atoms with Crippen molar-refractivity contribution in [1.29, 1.82) is 0 Å². The Balaban J connectivity index is 1.76. The smallest absolute Gasteiger partial charge is 0.224 e. The van der Waals surface area contributed by atoms with E-state index in [9.17, 15) is 4.79 Å². The third-order valence-electron chi connectivity index (χ3n) is 4.03. The van der Waals surface area contributed by atoms with Crippen molar-refractivity contribution in [3.8, 4) is 0 Å². The number of carbonyl (C=O) groups is 1. The number of nitrogens with one attached hydrogen (secondary N) is 1. The second-order valence-electron chi connectivity index (χ2n) is 4.93. The van der Waals surface area contributed by atoms with E-state index in [-0.39, 0.29) is 11.8 Å². The fraction of sp³-hybridized carbons (Fsp3) is 0.500. The minimum atomic E-state index is 0.234. The molecule has 0 saturated heterocycles. The molecule has 3 unspecified atom stereocenters. The Morgan fingerprint density at radius 1 is 1.41 bits per heavy atom. The Bertz CT molecular complexity index is 446. The van der Waals surface area contributed by atoms with Crippen molar-refractivity contribution in [3.05, 3.63) is 35.4 Å². The van der Waals surface area contributed by atoms with Gasteiger partial charge in [0.05, 0.1) is 0 Å². The normalized spacial score (nSPS) is 29.1. The van der Waals surface area contributed by atoms with E-state index in [0.717, 1.165) is 18.3 Å². The van der Waals surface area contributed by atoms with E-state index in [1.807, 2.05) is 0 Å². The molecule has 0 radical (unpaired) electrons. The van der Waals surface area contributed by atoms with E-state index >= 15 is 0 Å². The van der Waals surface area contributed by atoms with Gasteiger partial charge in [-0.15, -0.1) is 0 Å². The molecule has 1 amide bonds. The Morgan fingerprint density at radius 2 is 2.24 bits per heavy atom. The first kappa shape index (κ1) is 11.3. The van der Waals surface area contributed by atoms with Gasteiger partial charge < -0.3 is 5.32 Å². The third-order valence-corrected chi connectivity index (χ3v) is 4.42. The Morgan fingerprint density at radius 3 is 3.06 bits per heavy atom. The summed E-state index contributed by atoms with van der Waals surface area (Å²) in [6.45, 7) is 0.733. The molecule has 0 aromatic heterocycles. The summed E-state index contributed by atoms with van der Waals surface area (Å²) < 4.78 is 0. The summed E-state index contributed by atoms with van der Waals surface area (Å²) in [5.74, 6) is 1.57. The molecule has 2 aliphatic rings. The molecule has 2 aliphatic carbocycles. The van der Waals surface area contributed by atoms with Gasteiger partial charge in [-0.05, 0) is 35.8 Å². The van der Waals surface area contributed by atoms with Crippen LogP contribution in [0.25, 0.3) is 0 Å². The van der Waals surface area contributed by atoms with E-state index in [4.69, 9.17) is 0 Å². The predicted molar refractivity (Wildman–Crippen MR) is 71.3 cm³/mol. The van der Waals surface area contributed by atoms with E-state index < -0.39 is 0 Å². The van der Waals surface area contributed by atoms with Crippen LogP contribution in [0.1, 0.15) is 23.5 Å². The molecule has 1 N–H and O–H groups in total. The number of aryl methyl sites for hydroxylation is 1. The lowest BCUT2D eigenvalue weighted by atomic mass is 9.92. The lowest BCUT2D eigenvalue weighted by Gasteiger charge is -2.13. The van der Waals surface area contributed by atoms with Gasteiger partial charge in [0.1, 0.15) is 0 Å². The molecule has 0 spiro atoms. The van der Waals surface area contributed by atoms with Crippen molar-refractivity contribution < 1.29 is 4.79 Å². The van der Waals surface area contributed by atoms with Crippen LogP contribution in [0.2, 0.25) is 0 Å². The lowest BCUT2D eigenvalue weighted by Crippen LogP contribution is -2.27. The number of hydrogen-bond donors (Lipinski definition) is 1. The van der Waals surface area contributed by atoms with Gasteiger partial charge in [-0.25, -0.2) is 0 Å². The molecule has 0 heterocycles. The fourth-order valence-corrected chi connectivity index (χ4v) is 3.41. The zero-order valence-corrected chi connectivity index (χ0v) is 11.2. The van der Waals surface area contributed by atoms with Crippen molar-refractivity contribution in [1.82, 2.24) is 5.32 Å². The van der Waals surface area contributed by atoms with Crippen LogP contribution in [0.4, 0.5) is 0 Å². The first-order chi connectivity index (χ1) is 8.33. The maximum Gasteiger partial charge on any atom is 0.224 e. The highest BCUT2D eigenvalue weighted by molar-refractivity contribution is 9.09. The van der Waals surface area contributed by atoms with Gasteiger partial charge in [-0.3, -0.25) is 4.79 Å². The quantitative estimate of drug-likeness (QED) is 0.853. The van der Waals surface area contributed by atoms with Gasteiger partial charge in [0.2, 0.25) is 5.91 Å². The third kappa shape index (κ3) is 1.90. The van der Waals surface area contributed by atoms with Gasteiger partial charge in [0.25, 0.3) is 0 Å². The number of rotatable bonds is 3. The Hall–Kier alpha value is -0.830. The Labute approximate surface area is 110 Å². The minimum Gasteiger partial charge on any atom is -0.355 e. The summed E-state index contributed by atoms with van der Waals surface area (Å²) >= 11 is 3.34. The van der Waals surface area contributed by atoms with Crippen LogP contribution in [0.3, 0.4) is 0 Å². The number of halogens is 1. The van der Waals surface area contributed by atoms with E-state index in [2.05, 4.69) is 45.5 Å². The summed E-state index contributed by atoms with van der Waals surface area (Å²) in [6.07, 6.45) is 2.31. The molecular weight excluding hydrogens is 278 g/mol. The summed E-state index contributed by atoms with van der Waals surface area (Å²) in [5, 5.41) is 3.83. The van der Waals surface area contributed by atoms with E-state index in [1.54, 1.807) is 0 Å². The van der Waals surface area contributed by atoms with Crippen LogP contribution in [0.15, 0.2) is 24.3 Å². The number of carbonyl (C=O) groups excluding carboxylic acids is 1. The topological polar surface area (TPSA) is 29.1 Å². The summed E-state index contributed by atoms with van der Waals surface area (Å²) in [6, 6.07) is 8.59. The highest BCUT2D eigenvalue weighted by Crippen LogP contribution is 2.59. The minimum absolute atomic E-state index is 0.234. The molecule has 17 heavy (non-hydrogen) atoms. The molecule has 0 bridgehead atoms. The molecule has 1 aromatic rings. The summed E-state index contributed by atoms with van der Waals surface area (Å²) in [5.41, 5.74) is 2.87. The van der Waals surface area contributed by atoms with E-state index in [1.165, 1.54) is 17.5 Å². The average molecular weight is 294 g/mol. The molecule has 90 valence electrons. The number of alkyl halides is 1. The monoisotopic (exact) mass is 293 g/mol. The molecule has 3 rings (SSSR count). The Kier molecular flexibility index (Phi) is 2.95. The zero-order valence-electron chi connectivity index (χ0n) is 9.66. The van der Waals surface area contributed by atoms with Crippen LogP contribution in [-0.2, 0) is 11.2 Å². The largest absolute Gasteiger partial charge is 0.355 e. The second-order valence-corrected chi connectivity index (χ2v) is 5.73. The lowest BCUT2D eigenvalue weighted by molar-refractivity contribution is -0.122. The van der Waals surface area contributed by atoms with Crippen molar-refractivity contribution in [2.45, 2.75) is 18.8 Å². The SMILES string of the molecule is O=C(NCCBr)C1C2CCc3ccccc3C21. The highest BCUT2D eigenvalue weighted by atomic mass is 79.9. The first-order valence-corrected chi connectivity index (χ1v) is 7.36. The van der Waals surface area contributed by atoms with Crippen molar-refractivity contribution in [2.75, 3.05) is 11.9 Å². The number of benzene rings is 1. The van der Waals surface area contributed by atoms with Crippen molar-refractivity contribution in [3.63, 3.8) is 0 Å². The van der Waals surface area contributed by atoms with Crippen LogP contribution in [0, 0.1) is 11.8 Å². The zero-order chi connectivity index (χ0) is 11.8. The summed E-state index contributed by atoms with van der Waals surface area (Å²) in [7, 11) is 0.